The zero-order valence-corrected chi connectivity index (χ0v) is 16.1. The highest BCUT2D eigenvalue weighted by molar-refractivity contribution is 8.00. The maximum atomic E-state index is 12.2. The third kappa shape index (κ3) is 6.46. The summed E-state index contributed by atoms with van der Waals surface area (Å²) in [7, 11) is 0. The summed E-state index contributed by atoms with van der Waals surface area (Å²) in [6, 6.07) is 16.4. The summed E-state index contributed by atoms with van der Waals surface area (Å²) in [6.45, 7) is 7.35. The number of ether oxygens (including phenoxy) is 1. The van der Waals surface area contributed by atoms with Crippen LogP contribution in [0.3, 0.4) is 0 Å². The molecule has 0 aromatic heterocycles. The SMILES string of the molecule is CCOc1ccccc1CCCNC(=O)[C@@H](C)Sc1ccc(C)cc1. The molecule has 0 fully saturated rings. The first-order valence-corrected chi connectivity index (χ1v) is 9.70. The number of hydrogen-bond acceptors (Lipinski definition) is 3. The van der Waals surface area contributed by atoms with Gasteiger partial charge in [-0.25, -0.2) is 0 Å². The van der Waals surface area contributed by atoms with E-state index >= 15 is 0 Å². The van der Waals surface area contributed by atoms with E-state index in [1.54, 1.807) is 11.8 Å². The number of aryl methyl sites for hydroxylation is 2. The van der Waals surface area contributed by atoms with Crippen LogP contribution in [-0.4, -0.2) is 24.3 Å². The molecule has 0 aliphatic rings. The molecule has 1 amide bonds. The van der Waals surface area contributed by atoms with Gasteiger partial charge in [0.25, 0.3) is 0 Å². The third-order valence-electron chi connectivity index (χ3n) is 3.90. The normalized spacial score (nSPS) is 11.8. The van der Waals surface area contributed by atoms with Crippen molar-refractivity contribution in [2.24, 2.45) is 0 Å². The van der Waals surface area contributed by atoms with E-state index in [9.17, 15) is 4.79 Å². The van der Waals surface area contributed by atoms with Crippen LogP contribution in [0.5, 0.6) is 5.75 Å². The summed E-state index contributed by atoms with van der Waals surface area (Å²) >= 11 is 1.59. The molecule has 1 N–H and O–H groups in total. The maximum absolute atomic E-state index is 12.2. The molecule has 25 heavy (non-hydrogen) atoms. The van der Waals surface area contributed by atoms with Crippen LogP contribution in [-0.2, 0) is 11.2 Å². The molecule has 0 spiro atoms. The van der Waals surface area contributed by atoms with Crippen molar-refractivity contribution in [3.63, 3.8) is 0 Å². The Morgan fingerprint density at radius 1 is 1.16 bits per heavy atom. The molecule has 2 aromatic carbocycles. The predicted molar refractivity (Wildman–Crippen MR) is 105 cm³/mol. The van der Waals surface area contributed by atoms with Gasteiger partial charge in [-0.1, -0.05) is 35.9 Å². The highest BCUT2D eigenvalue weighted by atomic mass is 32.2. The quantitative estimate of drug-likeness (QED) is 0.525. The molecule has 4 heteroatoms. The molecule has 0 saturated carbocycles. The molecule has 0 unspecified atom stereocenters. The van der Waals surface area contributed by atoms with Crippen LogP contribution in [0.1, 0.15) is 31.4 Å². The lowest BCUT2D eigenvalue weighted by atomic mass is 10.1. The minimum atomic E-state index is -0.0987. The first-order chi connectivity index (χ1) is 12.1. The van der Waals surface area contributed by atoms with Gasteiger partial charge in [0, 0.05) is 11.4 Å². The number of thioether (sulfide) groups is 1. The number of carbonyl (C=O) groups is 1. The zero-order valence-electron chi connectivity index (χ0n) is 15.2. The predicted octanol–water partition coefficient (Wildman–Crippen LogP) is 4.62. The van der Waals surface area contributed by atoms with Gasteiger partial charge in [-0.3, -0.25) is 4.79 Å². The summed E-state index contributed by atoms with van der Waals surface area (Å²) in [5.41, 5.74) is 2.43. The van der Waals surface area contributed by atoms with E-state index < -0.39 is 0 Å². The van der Waals surface area contributed by atoms with Crippen molar-refractivity contribution in [2.75, 3.05) is 13.2 Å². The Morgan fingerprint density at radius 2 is 1.88 bits per heavy atom. The van der Waals surface area contributed by atoms with Gasteiger partial charge in [0.2, 0.25) is 5.91 Å². The summed E-state index contributed by atoms with van der Waals surface area (Å²) in [6.07, 6.45) is 1.80. The van der Waals surface area contributed by atoms with Crippen LogP contribution in [0.2, 0.25) is 0 Å². The summed E-state index contributed by atoms with van der Waals surface area (Å²) in [4.78, 5) is 13.4. The lowest BCUT2D eigenvalue weighted by Gasteiger charge is -2.13. The van der Waals surface area contributed by atoms with E-state index in [0.29, 0.717) is 13.2 Å². The summed E-state index contributed by atoms with van der Waals surface area (Å²) < 4.78 is 5.64. The highest BCUT2D eigenvalue weighted by Gasteiger charge is 2.13. The molecular weight excluding hydrogens is 330 g/mol. The molecule has 1 atom stereocenters. The highest BCUT2D eigenvalue weighted by Crippen LogP contribution is 2.23. The molecule has 3 nitrogen and oxygen atoms in total. The number of nitrogens with one attached hydrogen (secondary N) is 1. The Kier molecular flexibility index (Phi) is 7.86. The van der Waals surface area contributed by atoms with Gasteiger partial charge < -0.3 is 10.1 Å². The average molecular weight is 358 g/mol. The van der Waals surface area contributed by atoms with Crippen LogP contribution >= 0.6 is 11.8 Å². The van der Waals surface area contributed by atoms with Crippen LogP contribution in [0.25, 0.3) is 0 Å². The van der Waals surface area contributed by atoms with Gasteiger partial charge in [-0.2, -0.15) is 0 Å². The Morgan fingerprint density at radius 3 is 2.60 bits per heavy atom. The van der Waals surface area contributed by atoms with Crippen LogP contribution in [0, 0.1) is 6.92 Å². The van der Waals surface area contributed by atoms with Gasteiger partial charge in [0.15, 0.2) is 0 Å². The largest absolute Gasteiger partial charge is 0.494 e. The fourth-order valence-corrected chi connectivity index (χ4v) is 3.41. The fourth-order valence-electron chi connectivity index (χ4n) is 2.52. The van der Waals surface area contributed by atoms with Gasteiger partial charge in [0.05, 0.1) is 11.9 Å². The molecule has 0 bridgehead atoms. The lowest BCUT2D eigenvalue weighted by molar-refractivity contribution is -0.120. The van der Waals surface area contributed by atoms with E-state index in [0.717, 1.165) is 23.5 Å². The second kappa shape index (κ2) is 10.1. The number of para-hydroxylation sites is 1. The minimum Gasteiger partial charge on any atom is -0.494 e. The molecule has 0 radical (unpaired) electrons. The first-order valence-electron chi connectivity index (χ1n) is 8.82. The van der Waals surface area contributed by atoms with E-state index in [4.69, 9.17) is 4.74 Å². The fraction of sp³-hybridized carbons (Fsp3) is 0.381. The van der Waals surface area contributed by atoms with Crippen molar-refractivity contribution in [1.82, 2.24) is 5.32 Å². The monoisotopic (exact) mass is 357 g/mol. The number of benzene rings is 2. The number of hydrogen-bond donors (Lipinski definition) is 1. The second-order valence-corrected chi connectivity index (χ2v) is 7.42. The number of amides is 1. The lowest BCUT2D eigenvalue weighted by Crippen LogP contribution is -2.31. The van der Waals surface area contributed by atoms with Crippen molar-refractivity contribution < 1.29 is 9.53 Å². The Bertz CT molecular complexity index is 670. The van der Waals surface area contributed by atoms with Crippen LogP contribution in [0.4, 0.5) is 0 Å². The van der Waals surface area contributed by atoms with Crippen LogP contribution in [0.15, 0.2) is 53.4 Å². The van der Waals surface area contributed by atoms with Crippen molar-refractivity contribution in [3.8, 4) is 5.75 Å². The van der Waals surface area contributed by atoms with Gasteiger partial charge in [-0.05, 0) is 57.4 Å². The van der Waals surface area contributed by atoms with E-state index in [-0.39, 0.29) is 11.2 Å². The van der Waals surface area contributed by atoms with Crippen LogP contribution < -0.4 is 10.1 Å². The Hall–Kier alpha value is -1.94. The smallest absolute Gasteiger partial charge is 0.233 e. The van der Waals surface area contributed by atoms with E-state index in [1.807, 2.05) is 32.0 Å². The molecule has 2 aromatic rings. The Labute approximate surface area is 155 Å². The molecule has 134 valence electrons. The van der Waals surface area contributed by atoms with Gasteiger partial charge in [-0.15, -0.1) is 11.8 Å². The number of rotatable bonds is 9. The molecule has 2 rings (SSSR count). The van der Waals surface area contributed by atoms with Gasteiger partial charge >= 0.3 is 0 Å². The van der Waals surface area contributed by atoms with Gasteiger partial charge in [0.1, 0.15) is 5.75 Å². The third-order valence-corrected chi connectivity index (χ3v) is 5.01. The average Bonchev–Trinajstić information content (AvgIpc) is 2.62. The van der Waals surface area contributed by atoms with Crippen molar-refractivity contribution in [1.29, 1.82) is 0 Å². The maximum Gasteiger partial charge on any atom is 0.233 e. The van der Waals surface area contributed by atoms with Crippen molar-refractivity contribution in [2.45, 2.75) is 43.8 Å². The first kappa shape index (κ1) is 19.4. The number of carbonyl (C=O) groups excluding carboxylic acids is 1. The van der Waals surface area contributed by atoms with E-state index in [2.05, 4.69) is 42.6 Å². The topological polar surface area (TPSA) is 38.3 Å². The standard InChI is InChI=1S/C21H27NO2S/c1-4-24-20-10-6-5-8-18(20)9-7-15-22-21(23)17(3)25-19-13-11-16(2)12-14-19/h5-6,8,10-14,17H,4,7,9,15H2,1-3H3,(H,22,23)/t17-/m1/s1. The van der Waals surface area contributed by atoms with Crippen molar-refractivity contribution in [3.05, 3.63) is 59.7 Å². The van der Waals surface area contributed by atoms with E-state index in [1.165, 1.54) is 11.1 Å². The summed E-state index contributed by atoms with van der Waals surface area (Å²) in [5.74, 6) is 1.03. The molecule has 0 aliphatic heterocycles. The molecule has 0 heterocycles. The molecule has 0 aliphatic carbocycles. The molecule has 0 saturated heterocycles. The second-order valence-electron chi connectivity index (χ2n) is 6.01. The van der Waals surface area contributed by atoms with Crippen molar-refractivity contribution >= 4 is 17.7 Å². The summed E-state index contributed by atoms with van der Waals surface area (Å²) in [5, 5.41) is 2.94. The Balaban J connectivity index is 1.74. The minimum absolute atomic E-state index is 0.0867. The zero-order chi connectivity index (χ0) is 18.1. The molecular formula is C21H27NO2S.